The molecule has 1 aliphatic heterocycles. The summed E-state index contributed by atoms with van der Waals surface area (Å²) in [6.07, 6.45) is 2.84. The monoisotopic (exact) mass is 512 g/mol. The van der Waals surface area contributed by atoms with Crippen LogP contribution >= 0.6 is 24.0 Å². The van der Waals surface area contributed by atoms with Gasteiger partial charge in [-0.2, -0.15) is 5.10 Å². The Labute approximate surface area is 190 Å². The number of fused-ring (bicyclic) bond motifs is 1. The molecular formula is C21H33IN6O. The molecule has 0 amide bonds. The highest BCUT2D eigenvalue weighted by molar-refractivity contribution is 14.0. The van der Waals surface area contributed by atoms with Crippen LogP contribution in [-0.2, 0) is 19.4 Å². The van der Waals surface area contributed by atoms with E-state index in [1.165, 1.54) is 0 Å². The number of aryl methyl sites for hydroxylation is 3. The average Bonchev–Trinajstić information content (AvgIpc) is 3.10. The minimum Gasteiger partial charge on any atom is -0.489 e. The van der Waals surface area contributed by atoms with Crippen LogP contribution in [0.1, 0.15) is 44.4 Å². The van der Waals surface area contributed by atoms with Crippen molar-refractivity contribution >= 4 is 29.9 Å². The zero-order chi connectivity index (χ0) is 19.9. The van der Waals surface area contributed by atoms with E-state index in [1.807, 2.05) is 29.8 Å². The van der Waals surface area contributed by atoms with Crippen molar-refractivity contribution in [3.63, 3.8) is 0 Å². The van der Waals surface area contributed by atoms with E-state index < -0.39 is 0 Å². The second-order valence-electron chi connectivity index (χ2n) is 7.27. The van der Waals surface area contributed by atoms with E-state index in [0.717, 1.165) is 61.3 Å². The smallest absolute Gasteiger partial charge is 0.191 e. The third kappa shape index (κ3) is 6.58. The second kappa shape index (κ2) is 11.4. The Morgan fingerprint density at radius 1 is 1.34 bits per heavy atom. The fourth-order valence-electron chi connectivity index (χ4n) is 3.30. The quantitative estimate of drug-likeness (QED) is 0.339. The Morgan fingerprint density at radius 2 is 2.14 bits per heavy atom. The van der Waals surface area contributed by atoms with Crippen molar-refractivity contribution in [2.45, 2.75) is 65.6 Å². The zero-order valence-electron chi connectivity index (χ0n) is 17.8. The number of guanidine groups is 1. The topological polar surface area (TPSA) is 76.4 Å². The molecule has 29 heavy (non-hydrogen) atoms. The molecule has 3 rings (SSSR count). The summed E-state index contributed by atoms with van der Waals surface area (Å²) in [6.45, 7) is 10.5. The first-order valence-electron chi connectivity index (χ1n) is 10.3. The Kier molecular flexibility index (Phi) is 9.19. The van der Waals surface area contributed by atoms with E-state index in [2.05, 4.69) is 47.6 Å². The Morgan fingerprint density at radius 3 is 2.86 bits per heavy atom. The maximum Gasteiger partial charge on any atom is 0.191 e. The number of aliphatic imine (C=N–C) groups is 1. The van der Waals surface area contributed by atoms with Crippen LogP contribution in [0.3, 0.4) is 0 Å². The molecule has 1 aromatic carbocycles. The van der Waals surface area contributed by atoms with E-state index in [0.29, 0.717) is 12.6 Å². The number of nitrogens with zero attached hydrogens (tertiary/aromatic N) is 4. The number of benzene rings is 1. The van der Waals surface area contributed by atoms with Gasteiger partial charge in [0, 0.05) is 25.4 Å². The summed E-state index contributed by atoms with van der Waals surface area (Å²) in [5.41, 5.74) is 1.14. The third-order valence-corrected chi connectivity index (χ3v) is 4.83. The average molecular weight is 512 g/mol. The zero-order valence-corrected chi connectivity index (χ0v) is 20.1. The van der Waals surface area contributed by atoms with Crippen LogP contribution in [0, 0.1) is 6.92 Å². The van der Waals surface area contributed by atoms with Crippen LogP contribution < -0.4 is 15.4 Å². The number of hydrogen-bond donors (Lipinski definition) is 2. The normalized spacial score (nSPS) is 17.1. The first-order chi connectivity index (χ1) is 13.6. The Hall–Kier alpha value is -1.84. The first-order valence-corrected chi connectivity index (χ1v) is 10.3. The van der Waals surface area contributed by atoms with Gasteiger partial charge in [-0.15, -0.1) is 24.0 Å². The number of rotatable bonds is 7. The van der Waals surface area contributed by atoms with Gasteiger partial charge >= 0.3 is 0 Å². The molecule has 2 unspecified atom stereocenters. The summed E-state index contributed by atoms with van der Waals surface area (Å²) in [6, 6.07) is 8.37. The van der Waals surface area contributed by atoms with Crippen molar-refractivity contribution in [1.29, 1.82) is 0 Å². The lowest BCUT2D eigenvalue weighted by Gasteiger charge is -2.25. The summed E-state index contributed by atoms with van der Waals surface area (Å²) in [5.74, 6) is 3.77. The molecule has 0 aliphatic carbocycles. The maximum absolute atomic E-state index is 6.04. The minimum atomic E-state index is -0.00283. The second-order valence-corrected chi connectivity index (χ2v) is 7.27. The number of ether oxygens (including phenoxy) is 1. The predicted octanol–water partition coefficient (Wildman–Crippen LogP) is 3.10. The van der Waals surface area contributed by atoms with Gasteiger partial charge in [0.15, 0.2) is 11.8 Å². The molecule has 2 N–H and O–H groups in total. The molecule has 0 saturated heterocycles. The maximum atomic E-state index is 6.04. The molecule has 0 fully saturated rings. The molecule has 0 bridgehead atoms. The van der Waals surface area contributed by atoms with Gasteiger partial charge in [-0.1, -0.05) is 25.1 Å². The summed E-state index contributed by atoms with van der Waals surface area (Å²) in [4.78, 5) is 9.32. The molecule has 0 saturated carbocycles. The third-order valence-electron chi connectivity index (χ3n) is 4.83. The van der Waals surface area contributed by atoms with E-state index >= 15 is 0 Å². The van der Waals surface area contributed by atoms with Gasteiger partial charge in [0.05, 0.1) is 13.1 Å². The van der Waals surface area contributed by atoms with Gasteiger partial charge in [0.2, 0.25) is 0 Å². The molecule has 2 atom stereocenters. The van der Waals surface area contributed by atoms with E-state index in [-0.39, 0.29) is 30.1 Å². The highest BCUT2D eigenvalue weighted by atomic mass is 127. The Balaban J connectivity index is 0.00000300. The van der Waals surface area contributed by atoms with Crippen LogP contribution in [-0.4, -0.2) is 46.0 Å². The van der Waals surface area contributed by atoms with Crippen molar-refractivity contribution in [1.82, 2.24) is 25.4 Å². The van der Waals surface area contributed by atoms with E-state index in [9.17, 15) is 0 Å². The molecule has 8 heteroatoms. The molecule has 160 valence electrons. The molecule has 0 radical (unpaired) electrons. The first kappa shape index (κ1) is 23.4. The number of halogens is 1. The fraction of sp³-hybridized carbons (Fsp3) is 0.571. The highest BCUT2D eigenvalue weighted by Gasteiger charge is 2.22. The summed E-state index contributed by atoms with van der Waals surface area (Å²) in [7, 11) is 0. The molecule has 7 nitrogen and oxygen atoms in total. The summed E-state index contributed by atoms with van der Waals surface area (Å²) in [5, 5.41) is 11.5. The number of hydrogen-bond acceptors (Lipinski definition) is 4. The van der Waals surface area contributed by atoms with Crippen LogP contribution in [0.25, 0.3) is 0 Å². The summed E-state index contributed by atoms with van der Waals surface area (Å²) < 4.78 is 8.08. The number of para-hydroxylation sites is 1. The number of aromatic nitrogens is 3. The molecule has 1 aromatic heterocycles. The van der Waals surface area contributed by atoms with Crippen LogP contribution in [0.15, 0.2) is 29.3 Å². The molecule has 2 heterocycles. The van der Waals surface area contributed by atoms with Crippen LogP contribution in [0.2, 0.25) is 0 Å². The van der Waals surface area contributed by atoms with Gasteiger partial charge in [-0.25, -0.2) is 14.7 Å². The van der Waals surface area contributed by atoms with Gasteiger partial charge in [0.25, 0.3) is 0 Å². The lowest BCUT2D eigenvalue weighted by atomic mass is 10.1. The van der Waals surface area contributed by atoms with Crippen molar-refractivity contribution in [3.8, 4) is 5.75 Å². The van der Waals surface area contributed by atoms with Gasteiger partial charge < -0.3 is 15.4 Å². The van der Waals surface area contributed by atoms with Crippen LogP contribution in [0.4, 0.5) is 0 Å². The number of nitrogens with one attached hydrogen (secondary N) is 2. The van der Waals surface area contributed by atoms with Gasteiger partial charge in [-0.05, 0) is 38.8 Å². The van der Waals surface area contributed by atoms with Gasteiger partial charge in [0.1, 0.15) is 17.7 Å². The van der Waals surface area contributed by atoms with E-state index in [1.54, 1.807) is 0 Å². The van der Waals surface area contributed by atoms with Crippen molar-refractivity contribution < 1.29 is 4.74 Å². The molecular weight excluding hydrogens is 479 g/mol. The minimum absolute atomic E-state index is 0. The molecule has 0 spiro atoms. The summed E-state index contributed by atoms with van der Waals surface area (Å²) >= 11 is 0. The SMILES string of the molecule is CCNC(=NCC(C)Oc1ccccc1C)NC1CCc2nc(CC)nn2C1.I. The van der Waals surface area contributed by atoms with Crippen LogP contribution in [0.5, 0.6) is 5.75 Å². The standard InChI is InChI=1S/C21H32N6O.HI/c1-5-19-25-20-12-11-17(14-27(20)26-19)24-21(22-6-2)23-13-16(4)28-18-10-8-7-9-15(18)3;/h7-10,16-17H,5-6,11-14H2,1-4H3,(H2,22,23,24);1H. The highest BCUT2D eigenvalue weighted by Crippen LogP contribution is 2.18. The lowest BCUT2D eigenvalue weighted by molar-refractivity contribution is 0.228. The fourth-order valence-corrected chi connectivity index (χ4v) is 3.30. The molecule has 2 aromatic rings. The van der Waals surface area contributed by atoms with Crippen molar-refractivity contribution in [2.24, 2.45) is 4.99 Å². The molecule has 1 aliphatic rings. The van der Waals surface area contributed by atoms with Gasteiger partial charge in [-0.3, -0.25) is 0 Å². The lowest BCUT2D eigenvalue weighted by Crippen LogP contribution is -2.47. The van der Waals surface area contributed by atoms with Crippen molar-refractivity contribution in [3.05, 3.63) is 41.5 Å². The predicted molar refractivity (Wildman–Crippen MR) is 127 cm³/mol. The van der Waals surface area contributed by atoms with Crippen molar-refractivity contribution in [2.75, 3.05) is 13.1 Å². The van der Waals surface area contributed by atoms with E-state index in [4.69, 9.17) is 9.73 Å². The largest absolute Gasteiger partial charge is 0.489 e. The Bertz CT molecular complexity index is 806.